The van der Waals surface area contributed by atoms with E-state index in [2.05, 4.69) is 78.6 Å². The molecule has 0 atom stereocenters. The number of fused-ring (bicyclic) bond motifs is 5. The summed E-state index contributed by atoms with van der Waals surface area (Å²) in [7, 11) is 0. The van der Waals surface area contributed by atoms with Crippen molar-refractivity contribution >= 4 is 10.9 Å². The Morgan fingerprint density at radius 1 is 1.00 bits per heavy atom. The van der Waals surface area contributed by atoms with Crippen molar-refractivity contribution in [1.82, 2.24) is 4.98 Å². The lowest BCUT2D eigenvalue weighted by Gasteiger charge is -2.21. The number of hydrogen-bond donors (Lipinski definition) is 1. The monoisotopic (exact) mass is 376 g/mol. The Hall–Kier alpha value is -3.31. The zero-order chi connectivity index (χ0) is 19.8. The standard InChI is InChI=1S/C27H24N2/c1-2-3-6-18-9-11-20(12-10-18)24-16-19(17-28)15-21-13-14-23-22-7-4-5-8-25(22)29-27(23)26(21)24/h4-5,7-12,15-16,29H,2-3,6,13-14H2,1H3. The second kappa shape index (κ2) is 7.26. The smallest absolute Gasteiger partial charge is 0.0991 e. The molecule has 0 spiro atoms. The van der Waals surface area contributed by atoms with Crippen LogP contribution in [0.1, 0.15) is 42.0 Å². The number of benzene rings is 3. The van der Waals surface area contributed by atoms with E-state index >= 15 is 0 Å². The Morgan fingerprint density at radius 2 is 1.83 bits per heavy atom. The van der Waals surface area contributed by atoms with Gasteiger partial charge < -0.3 is 4.98 Å². The van der Waals surface area contributed by atoms with Gasteiger partial charge in [-0.2, -0.15) is 5.26 Å². The zero-order valence-electron chi connectivity index (χ0n) is 16.8. The number of nitrogens with zero attached hydrogens (tertiary/aromatic N) is 1. The number of nitriles is 1. The molecule has 0 aliphatic heterocycles. The topological polar surface area (TPSA) is 39.6 Å². The Balaban J connectivity index is 1.70. The van der Waals surface area contributed by atoms with Crippen LogP contribution in [0, 0.1) is 11.3 Å². The quantitative estimate of drug-likeness (QED) is 0.417. The number of hydrogen-bond acceptors (Lipinski definition) is 1. The molecule has 1 N–H and O–H groups in total. The second-order valence-electron chi connectivity index (χ2n) is 7.99. The molecule has 1 aliphatic carbocycles. The summed E-state index contributed by atoms with van der Waals surface area (Å²) in [4.78, 5) is 3.68. The molecule has 0 saturated carbocycles. The average Bonchev–Trinajstić information content (AvgIpc) is 3.16. The molecule has 4 aromatic rings. The first-order chi connectivity index (χ1) is 14.3. The lowest BCUT2D eigenvalue weighted by atomic mass is 9.83. The fourth-order valence-corrected chi connectivity index (χ4v) is 4.65. The van der Waals surface area contributed by atoms with Crippen molar-refractivity contribution in [2.75, 3.05) is 0 Å². The molecule has 3 aromatic carbocycles. The number of aryl methyl sites for hydroxylation is 3. The van der Waals surface area contributed by atoms with Gasteiger partial charge >= 0.3 is 0 Å². The van der Waals surface area contributed by atoms with Crippen LogP contribution < -0.4 is 0 Å². The van der Waals surface area contributed by atoms with Gasteiger partial charge in [0.05, 0.1) is 17.3 Å². The highest BCUT2D eigenvalue weighted by atomic mass is 14.7. The molecule has 5 rings (SSSR count). The predicted octanol–water partition coefficient (Wildman–Crippen LogP) is 6.81. The van der Waals surface area contributed by atoms with Gasteiger partial charge in [0.1, 0.15) is 0 Å². The summed E-state index contributed by atoms with van der Waals surface area (Å²) in [5.74, 6) is 0. The zero-order valence-corrected chi connectivity index (χ0v) is 16.8. The average molecular weight is 377 g/mol. The summed E-state index contributed by atoms with van der Waals surface area (Å²) >= 11 is 0. The van der Waals surface area contributed by atoms with Crippen molar-refractivity contribution in [2.24, 2.45) is 0 Å². The van der Waals surface area contributed by atoms with Crippen LogP contribution in [0.4, 0.5) is 0 Å². The van der Waals surface area contributed by atoms with Gasteiger partial charge in [0.2, 0.25) is 0 Å². The van der Waals surface area contributed by atoms with Crippen molar-refractivity contribution in [3.05, 3.63) is 82.9 Å². The first kappa shape index (κ1) is 17.8. The number of aromatic nitrogens is 1. The van der Waals surface area contributed by atoms with Crippen LogP contribution in [0.2, 0.25) is 0 Å². The SMILES string of the molecule is CCCCc1ccc(-c2cc(C#N)cc3c2-c2[nH]c4ccccc4c2CC3)cc1. The molecule has 2 nitrogen and oxygen atoms in total. The Labute approximate surface area is 171 Å². The molecule has 0 saturated heterocycles. The summed E-state index contributed by atoms with van der Waals surface area (Å²) < 4.78 is 0. The van der Waals surface area contributed by atoms with E-state index < -0.39 is 0 Å². The normalized spacial score (nSPS) is 12.4. The lowest BCUT2D eigenvalue weighted by Crippen LogP contribution is -2.05. The van der Waals surface area contributed by atoms with Crippen molar-refractivity contribution in [1.29, 1.82) is 5.26 Å². The third-order valence-electron chi connectivity index (χ3n) is 6.14. The van der Waals surface area contributed by atoms with Gasteiger partial charge in [0, 0.05) is 16.5 Å². The third-order valence-corrected chi connectivity index (χ3v) is 6.14. The van der Waals surface area contributed by atoms with Gasteiger partial charge in [0.15, 0.2) is 0 Å². The molecular weight excluding hydrogens is 352 g/mol. The Kier molecular flexibility index (Phi) is 4.45. The first-order valence-electron chi connectivity index (χ1n) is 10.5. The minimum absolute atomic E-state index is 0.744. The van der Waals surface area contributed by atoms with E-state index in [0.29, 0.717) is 0 Å². The number of rotatable bonds is 4. The molecule has 0 radical (unpaired) electrons. The Morgan fingerprint density at radius 3 is 2.62 bits per heavy atom. The molecule has 0 unspecified atom stereocenters. The van der Waals surface area contributed by atoms with Crippen LogP contribution in [0.3, 0.4) is 0 Å². The number of aromatic amines is 1. The van der Waals surface area contributed by atoms with E-state index in [1.165, 1.54) is 57.3 Å². The fraction of sp³-hybridized carbons (Fsp3) is 0.222. The third kappa shape index (κ3) is 3.04. The maximum Gasteiger partial charge on any atom is 0.0991 e. The van der Waals surface area contributed by atoms with Crippen LogP contribution in [0.5, 0.6) is 0 Å². The summed E-state index contributed by atoms with van der Waals surface area (Å²) in [6.45, 7) is 2.23. The molecule has 2 heteroatoms. The molecule has 0 bridgehead atoms. The van der Waals surface area contributed by atoms with E-state index in [1.807, 2.05) is 0 Å². The fourth-order valence-electron chi connectivity index (χ4n) is 4.65. The van der Waals surface area contributed by atoms with Crippen molar-refractivity contribution in [2.45, 2.75) is 39.0 Å². The van der Waals surface area contributed by atoms with E-state index in [1.54, 1.807) is 0 Å². The number of unbranched alkanes of at least 4 members (excludes halogenated alkanes) is 1. The van der Waals surface area contributed by atoms with Crippen LogP contribution in [-0.2, 0) is 19.3 Å². The van der Waals surface area contributed by atoms with Gasteiger partial charge in [0.25, 0.3) is 0 Å². The molecule has 142 valence electrons. The highest BCUT2D eigenvalue weighted by Gasteiger charge is 2.24. The maximum atomic E-state index is 9.60. The van der Waals surface area contributed by atoms with Gasteiger partial charge in [-0.05, 0) is 71.7 Å². The largest absolute Gasteiger partial charge is 0.354 e. The van der Waals surface area contributed by atoms with E-state index in [4.69, 9.17) is 0 Å². The van der Waals surface area contributed by atoms with E-state index in [0.717, 1.165) is 30.4 Å². The summed E-state index contributed by atoms with van der Waals surface area (Å²) in [5.41, 5.74) is 10.8. The lowest BCUT2D eigenvalue weighted by molar-refractivity contribution is 0.795. The minimum Gasteiger partial charge on any atom is -0.354 e. The highest BCUT2D eigenvalue weighted by molar-refractivity contribution is 5.97. The van der Waals surface area contributed by atoms with Gasteiger partial charge in [-0.1, -0.05) is 55.8 Å². The molecule has 1 aromatic heterocycles. The van der Waals surface area contributed by atoms with Gasteiger partial charge in [-0.15, -0.1) is 0 Å². The van der Waals surface area contributed by atoms with Crippen molar-refractivity contribution < 1.29 is 0 Å². The second-order valence-corrected chi connectivity index (χ2v) is 7.99. The van der Waals surface area contributed by atoms with Gasteiger partial charge in [-0.3, -0.25) is 0 Å². The maximum absolute atomic E-state index is 9.60. The molecular formula is C27H24N2. The molecule has 1 aliphatic rings. The predicted molar refractivity (Wildman–Crippen MR) is 120 cm³/mol. The number of H-pyrrole nitrogens is 1. The van der Waals surface area contributed by atoms with Crippen LogP contribution >= 0.6 is 0 Å². The summed E-state index contributed by atoms with van der Waals surface area (Å²) in [5, 5.41) is 10.9. The van der Waals surface area contributed by atoms with Crippen LogP contribution in [0.15, 0.2) is 60.7 Å². The molecule has 29 heavy (non-hydrogen) atoms. The van der Waals surface area contributed by atoms with Crippen LogP contribution in [0.25, 0.3) is 33.3 Å². The Bertz CT molecular complexity index is 1240. The highest BCUT2D eigenvalue weighted by Crippen LogP contribution is 2.43. The number of para-hydroxylation sites is 1. The molecule has 0 fully saturated rings. The van der Waals surface area contributed by atoms with Gasteiger partial charge in [-0.25, -0.2) is 0 Å². The number of nitrogens with one attached hydrogen (secondary N) is 1. The molecule has 0 amide bonds. The molecule has 1 heterocycles. The first-order valence-corrected chi connectivity index (χ1v) is 10.5. The summed E-state index contributed by atoms with van der Waals surface area (Å²) in [6, 6.07) is 24.0. The van der Waals surface area contributed by atoms with Crippen molar-refractivity contribution in [3.8, 4) is 28.5 Å². The van der Waals surface area contributed by atoms with E-state index in [9.17, 15) is 5.26 Å². The summed E-state index contributed by atoms with van der Waals surface area (Å²) in [6.07, 6.45) is 5.54. The van der Waals surface area contributed by atoms with Crippen LogP contribution in [-0.4, -0.2) is 4.98 Å². The van der Waals surface area contributed by atoms with Crippen molar-refractivity contribution in [3.63, 3.8) is 0 Å². The minimum atomic E-state index is 0.744. The van der Waals surface area contributed by atoms with E-state index in [-0.39, 0.29) is 0 Å².